The predicted octanol–water partition coefficient (Wildman–Crippen LogP) is 2.68. The van der Waals surface area contributed by atoms with Gasteiger partial charge < -0.3 is 5.73 Å². The number of hydrogen-bond donors (Lipinski definition) is 1. The van der Waals surface area contributed by atoms with E-state index in [0.717, 1.165) is 24.8 Å². The maximum atomic E-state index is 13.8. The van der Waals surface area contributed by atoms with Gasteiger partial charge in [-0.15, -0.1) is 0 Å². The average Bonchev–Trinajstić information content (AvgIpc) is 2.14. The molecule has 1 saturated carbocycles. The zero-order chi connectivity index (χ0) is 11.1. The Kier molecular flexibility index (Phi) is 2.51. The molecule has 0 aliphatic heterocycles. The number of nitrogens with two attached hydrogens (primary N) is 1. The Morgan fingerprint density at radius 1 is 1.47 bits per heavy atom. The van der Waals surface area contributed by atoms with E-state index in [9.17, 15) is 4.39 Å². The van der Waals surface area contributed by atoms with Gasteiger partial charge in [0.25, 0.3) is 0 Å². The van der Waals surface area contributed by atoms with Crippen molar-refractivity contribution in [3.8, 4) is 0 Å². The van der Waals surface area contributed by atoms with Gasteiger partial charge in [0.1, 0.15) is 5.82 Å². The molecule has 82 valence electrons. The van der Waals surface area contributed by atoms with Crippen molar-refractivity contribution in [3.63, 3.8) is 0 Å². The van der Waals surface area contributed by atoms with Crippen LogP contribution < -0.4 is 5.73 Å². The number of pyridine rings is 1. The molecule has 15 heavy (non-hydrogen) atoms. The Bertz CT molecular complexity index is 370. The molecule has 1 aromatic rings. The van der Waals surface area contributed by atoms with E-state index in [4.69, 9.17) is 5.73 Å². The van der Waals surface area contributed by atoms with Crippen LogP contribution in [0.2, 0.25) is 0 Å². The van der Waals surface area contributed by atoms with Crippen LogP contribution in [0.4, 0.5) is 4.39 Å². The van der Waals surface area contributed by atoms with Crippen molar-refractivity contribution >= 4 is 0 Å². The van der Waals surface area contributed by atoms with Gasteiger partial charge in [-0.3, -0.25) is 4.98 Å². The first-order valence-corrected chi connectivity index (χ1v) is 5.48. The summed E-state index contributed by atoms with van der Waals surface area (Å²) >= 11 is 0. The molecule has 0 atom stereocenters. The molecule has 0 saturated heterocycles. The highest BCUT2D eigenvalue weighted by atomic mass is 19.1. The van der Waals surface area contributed by atoms with Gasteiger partial charge in [-0.1, -0.05) is 13.8 Å². The van der Waals surface area contributed by atoms with Gasteiger partial charge in [-0.2, -0.15) is 0 Å². The number of aromatic nitrogens is 1. The number of halogens is 1. The van der Waals surface area contributed by atoms with Crippen LogP contribution in [-0.4, -0.2) is 4.98 Å². The fourth-order valence-electron chi connectivity index (χ4n) is 1.93. The highest BCUT2D eigenvalue weighted by Crippen LogP contribution is 2.38. The highest BCUT2D eigenvalue weighted by Gasteiger charge is 2.38. The van der Waals surface area contributed by atoms with E-state index in [1.807, 2.05) is 13.8 Å². The maximum absolute atomic E-state index is 13.8. The van der Waals surface area contributed by atoms with Crippen molar-refractivity contribution in [3.05, 3.63) is 29.3 Å². The lowest BCUT2D eigenvalue weighted by Crippen LogP contribution is -2.44. The lowest BCUT2D eigenvalue weighted by atomic mass is 9.75. The molecule has 2 rings (SSSR count). The Morgan fingerprint density at radius 3 is 2.53 bits per heavy atom. The zero-order valence-electron chi connectivity index (χ0n) is 9.26. The average molecular weight is 208 g/mol. The van der Waals surface area contributed by atoms with Crippen LogP contribution in [0, 0.1) is 5.82 Å². The fraction of sp³-hybridized carbons (Fsp3) is 0.583. The van der Waals surface area contributed by atoms with Crippen molar-refractivity contribution in [2.45, 2.75) is 44.6 Å². The molecule has 0 bridgehead atoms. The molecular formula is C12H17FN2. The molecule has 2 N–H and O–H groups in total. The van der Waals surface area contributed by atoms with Crippen LogP contribution in [0.3, 0.4) is 0 Å². The molecule has 0 amide bonds. The van der Waals surface area contributed by atoms with E-state index in [0.29, 0.717) is 11.6 Å². The molecule has 1 fully saturated rings. The first-order chi connectivity index (χ1) is 7.03. The molecule has 0 unspecified atom stereocenters. The molecule has 1 aliphatic rings. The second-order valence-electron chi connectivity index (χ2n) is 4.76. The molecule has 1 heterocycles. The van der Waals surface area contributed by atoms with Crippen molar-refractivity contribution in [1.82, 2.24) is 4.98 Å². The van der Waals surface area contributed by atoms with Crippen molar-refractivity contribution in [2.24, 2.45) is 5.73 Å². The lowest BCUT2D eigenvalue weighted by Gasteiger charge is -2.37. The molecular weight excluding hydrogens is 191 g/mol. The molecule has 2 nitrogen and oxygen atoms in total. The summed E-state index contributed by atoms with van der Waals surface area (Å²) in [7, 11) is 0. The topological polar surface area (TPSA) is 38.9 Å². The summed E-state index contributed by atoms with van der Waals surface area (Å²) in [6.07, 6.45) is 4.51. The first-order valence-electron chi connectivity index (χ1n) is 5.48. The van der Waals surface area contributed by atoms with E-state index in [1.54, 1.807) is 12.3 Å². The Hall–Kier alpha value is -0.960. The minimum atomic E-state index is -0.500. The molecule has 0 aromatic carbocycles. The quantitative estimate of drug-likeness (QED) is 0.811. The van der Waals surface area contributed by atoms with Gasteiger partial charge in [0, 0.05) is 6.20 Å². The fourth-order valence-corrected chi connectivity index (χ4v) is 1.93. The van der Waals surface area contributed by atoms with E-state index >= 15 is 0 Å². The summed E-state index contributed by atoms with van der Waals surface area (Å²) in [5, 5.41) is 0. The smallest absolute Gasteiger partial charge is 0.146 e. The van der Waals surface area contributed by atoms with Crippen LogP contribution in [0.15, 0.2) is 12.3 Å². The summed E-state index contributed by atoms with van der Waals surface area (Å²) < 4.78 is 13.8. The number of hydrogen-bond acceptors (Lipinski definition) is 2. The summed E-state index contributed by atoms with van der Waals surface area (Å²) in [4.78, 5) is 4.19. The third kappa shape index (κ3) is 1.76. The summed E-state index contributed by atoms with van der Waals surface area (Å²) in [6.45, 7) is 4.05. The summed E-state index contributed by atoms with van der Waals surface area (Å²) in [6, 6.07) is 1.57. The van der Waals surface area contributed by atoms with Crippen molar-refractivity contribution in [2.75, 3.05) is 0 Å². The van der Waals surface area contributed by atoms with E-state index < -0.39 is 5.54 Å². The van der Waals surface area contributed by atoms with Gasteiger partial charge >= 0.3 is 0 Å². The van der Waals surface area contributed by atoms with Crippen LogP contribution in [-0.2, 0) is 5.54 Å². The predicted molar refractivity (Wildman–Crippen MR) is 58.0 cm³/mol. The van der Waals surface area contributed by atoms with Crippen LogP contribution in [0.1, 0.15) is 50.3 Å². The summed E-state index contributed by atoms with van der Waals surface area (Å²) in [5.74, 6) is 0.0552. The Labute approximate surface area is 89.7 Å². The van der Waals surface area contributed by atoms with Gasteiger partial charge in [0.05, 0.1) is 11.2 Å². The van der Waals surface area contributed by atoms with Crippen LogP contribution in [0.25, 0.3) is 0 Å². The monoisotopic (exact) mass is 208 g/mol. The second kappa shape index (κ2) is 3.56. The second-order valence-corrected chi connectivity index (χ2v) is 4.76. The lowest BCUT2D eigenvalue weighted by molar-refractivity contribution is 0.237. The minimum Gasteiger partial charge on any atom is -0.320 e. The van der Waals surface area contributed by atoms with E-state index in [1.165, 1.54) is 0 Å². The Morgan fingerprint density at radius 2 is 2.13 bits per heavy atom. The molecule has 0 radical (unpaired) electrons. The summed E-state index contributed by atoms with van der Waals surface area (Å²) in [5.41, 5.74) is 6.92. The van der Waals surface area contributed by atoms with Gasteiger partial charge in [-0.25, -0.2) is 4.39 Å². The molecule has 3 heteroatoms. The third-order valence-corrected chi connectivity index (χ3v) is 3.25. The van der Waals surface area contributed by atoms with Crippen LogP contribution >= 0.6 is 0 Å². The molecule has 1 aliphatic carbocycles. The Balaban J connectivity index is 2.34. The van der Waals surface area contributed by atoms with Crippen molar-refractivity contribution < 1.29 is 4.39 Å². The molecule has 0 spiro atoms. The van der Waals surface area contributed by atoms with E-state index in [2.05, 4.69) is 4.98 Å². The van der Waals surface area contributed by atoms with Crippen LogP contribution in [0.5, 0.6) is 0 Å². The number of nitrogens with zero attached hydrogens (tertiary/aromatic N) is 1. The minimum absolute atomic E-state index is 0.247. The zero-order valence-corrected chi connectivity index (χ0v) is 9.26. The highest BCUT2D eigenvalue weighted by molar-refractivity contribution is 5.25. The van der Waals surface area contributed by atoms with Crippen molar-refractivity contribution in [1.29, 1.82) is 0 Å². The van der Waals surface area contributed by atoms with Gasteiger partial charge in [-0.05, 0) is 36.8 Å². The standard InChI is InChI=1S/C12H17FN2/c1-8(2)9-6-10(13)11(15-7-9)12(14)4-3-5-12/h6-8H,3-5,14H2,1-2H3. The number of rotatable bonds is 2. The largest absolute Gasteiger partial charge is 0.320 e. The maximum Gasteiger partial charge on any atom is 0.146 e. The van der Waals surface area contributed by atoms with Gasteiger partial charge in [0.2, 0.25) is 0 Å². The molecule has 1 aromatic heterocycles. The normalized spacial score (nSPS) is 19.0. The van der Waals surface area contributed by atoms with Gasteiger partial charge in [0.15, 0.2) is 0 Å². The first kappa shape index (κ1) is 10.6. The third-order valence-electron chi connectivity index (χ3n) is 3.25. The SMILES string of the molecule is CC(C)c1cnc(C2(N)CCC2)c(F)c1. The van der Waals surface area contributed by atoms with E-state index in [-0.39, 0.29) is 5.82 Å².